The molecule has 3 atom stereocenters. The van der Waals surface area contributed by atoms with Crippen LogP contribution in [-0.4, -0.2) is 27.8 Å². The van der Waals surface area contributed by atoms with E-state index in [1.165, 1.54) is 13.1 Å². The first-order valence-electron chi connectivity index (χ1n) is 7.33. The van der Waals surface area contributed by atoms with Gasteiger partial charge in [0, 0.05) is 25.4 Å². The SMILES string of the molecule is CC(F)(F)C1(C)C[C@@H]2CCC(c3cncc(C#N)c3)N2C1=O. The molecule has 0 N–H and O–H groups in total. The van der Waals surface area contributed by atoms with Crippen molar-refractivity contribution in [3.8, 4) is 6.07 Å². The van der Waals surface area contributed by atoms with Crippen LogP contribution in [0.25, 0.3) is 0 Å². The second-order valence-electron chi connectivity index (χ2n) is 6.50. The molecule has 6 heteroatoms. The summed E-state index contributed by atoms with van der Waals surface area (Å²) in [6, 6.07) is 3.29. The fraction of sp³-hybridized carbons (Fsp3) is 0.562. The van der Waals surface area contributed by atoms with Gasteiger partial charge in [0.1, 0.15) is 11.5 Å². The number of hydrogen-bond acceptors (Lipinski definition) is 3. The normalized spacial score (nSPS) is 31.2. The number of hydrogen-bond donors (Lipinski definition) is 0. The third-order valence-corrected chi connectivity index (χ3v) is 5.10. The average molecular weight is 305 g/mol. The zero-order valence-electron chi connectivity index (χ0n) is 12.5. The zero-order valence-corrected chi connectivity index (χ0v) is 12.5. The fourth-order valence-electron chi connectivity index (χ4n) is 3.63. The number of nitriles is 1. The molecule has 3 rings (SSSR count). The molecule has 0 bridgehead atoms. The highest BCUT2D eigenvalue weighted by atomic mass is 19.3. The van der Waals surface area contributed by atoms with Crippen LogP contribution in [0.4, 0.5) is 8.78 Å². The van der Waals surface area contributed by atoms with E-state index in [4.69, 9.17) is 5.26 Å². The predicted octanol–water partition coefficient (Wildman–Crippen LogP) is 3.05. The lowest BCUT2D eigenvalue weighted by Gasteiger charge is -2.31. The van der Waals surface area contributed by atoms with Crippen LogP contribution in [0, 0.1) is 16.7 Å². The highest BCUT2D eigenvalue weighted by molar-refractivity contribution is 5.87. The van der Waals surface area contributed by atoms with Gasteiger partial charge < -0.3 is 4.90 Å². The Balaban J connectivity index is 1.95. The Morgan fingerprint density at radius 3 is 2.82 bits per heavy atom. The second-order valence-corrected chi connectivity index (χ2v) is 6.50. The van der Waals surface area contributed by atoms with Crippen LogP contribution in [0.3, 0.4) is 0 Å². The van der Waals surface area contributed by atoms with Crippen LogP contribution in [0.2, 0.25) is 0 Å². The van der Waals surface area contributed by atoms with Crippen molar-refractivity contribution < 1.29 is 13.6 Å². The number of rotatable bonds is 2. The molecule has 2 aliphatic rings. The van der Waals surface area contributed by atoms with Gasteiger partial charge in [-0.3, -0.25) is 9.78 Å². The Labute approximate surface area is 127 Å². The Hall–Kier alpha value is -2.03. The lowest BCUT2D eigenvalue weighted by atomic mass is 9.80. The van der Waals surface area contributed by atoms with Gasteiger partial charge in [0.2, 0.25) is 5.91 Å². The van der Waals surface area contributed by atoms with E-state index in [9.17, 15) is 13.6 Å². The molecular weight excluding hydrogens is 288 g/mol. The molecule has 2 aliphatic heterocycles. The maximum Gasteiger partial charge on any atom is 0.259 e. The number of fused-ring (bicyclic) bond motifs is 1. The van der Waals surface area contributed by atoms with Gasteiger partial charge in [-0.25, -0.2) is 8.78 Å². The molecule has 0 aliphatic carbocycles. The number of pyridine rings is 1. The van der Waals surface area contributed by atoms with E-state index in [2.05, 4.69) is 4.98 Å². The van der Waals surface area contributed by atoms with Gasteiger partial charge in [-0.2, -0.15) is 5.26 Å². The summed E-state index contributed by atoms with van der Waals surface area (Å²) >= 11 is 0. The summed E-state index contributed by atoms with van der Waals surface area (Å²) < 4.78 is 27.8. The van der Waals surface area contributed by atoms with E-state index >= 15 is 0 Å². The molecule has 22 heavy (non-hydrogen) atoms. The van der Waals surface area contributed by atoms with Gasteiger partial charge in [-0.15, -0.1) is 0 Å². The number of halogens is 2. The Morgan fingerprint density at radius 2 is 2.18 bits per heavy atom. The Kier molecular flexibility index (Phi) is 3.20. The van der Waals surface area contributed by atoms with Crippen LogP contribution < -0.4 is 0 Å². The number of carbonyl (C=O) groups is 1. The summed E-state index contributed by atoms with van der Waals surface area (Å²) in [6.07, 6.45) is 4.67. The summed E-state index contributed by atoms with van der Waals surface area (Å²) in [5.74, 6) is -3.54. The molecule has 3 heterocycles. The summed E-state index contributed by atoms with van der Waals surface area (Å²) in [5.41, 5.74) is -0.480. The van der Waals surface area contributed by atoms with E-state index in [-0.39, 0.29) is 18.5 Å². The van der Waals surface area contributed by atoms with Crippen molar-refractivity contribution in [2.45, 2.75) is 51.1 Å². The molecule has 1 aromatic heterocycles. The summed E-state index contributed by atoms with van der Waals surface area (Å²) in [4.78, 5) is 18.3. The van der Waals surface area contributed by atoms with E-state index in [0.29, 0.717) is 12.0 Å². The molecule has 1 aromatic rings. The summed E-state index contributed by atoms with van der Waals surface area (Å²) in [7, 11) is 0. The smallest absolute Gasteiger partial charge is 0.259 e. The largest absolute Gasteiger partial charge is 0.332 e. The number of aromatic nitrogens is 1. The number of amides is 1. The summed E-state index contributed by atoms with van der Waals surface area (Å²) in [5, 5.41) is 8.96. The highest BCUT2D eigenvalue weighted by Crippen LogP contribution is 2.54. The van der Waals surface area contributed by atoms with Crippen LogP contribution in [-0.2, 0) is 4.79 Å². The van der Waals surface area contributed by atoms with Gasteiger partial charge in [-0.05, 0) is 37.8 Å². The monoisotopic (exact) mass is 305 g/mol. The lowest BCUT2D eigenvalue weighted by Crippen LogP contribution is -2.44. The average Bonchev–Trinajstić information content (AvgIpc) is 2.98. The van der Waals surface area contributed by atoms with Crippen LogP contribution in [0.1, 0.15) is 50.3 Å². The van der Waals surface area contributed by atoms with E-state index in [1.807, 2.05) is 6.07 Å². The zero-order chi connectivity index (χ0) is 16.1. The second kappa shape index (κ2) is 4.73. The standard InChI is InChI=1S/C16H17F2N3O/c1-15(16(2,17)18)6-12-3-4-13(21(12)14(15)22)11-5-10(7-19)8-20-9-11/h5,8-9,12-13H,3-4,6H2,1-2H3/t12-,13?,15?/m0/s1. The van der Waals surface area contributed by atoms with Crippen molar-refractivity contribution >= 4 is 5.91 Å². The third-order valence-electron chi connectivity index (χ3n) is 5.10. The molecule has 0 radical (unpaired) electrons. The molecule has 0 aromatic carbocycles. The molecule has 2 saturated heterocycles. The van der Waals surface area contributed by atoms with Crippen molar-refractivity contribution in [1.82, 2.24) is 9.88 Å². The van der Waals surface area contributed by atoms with Crippen molar-refractivity contribution in [3.05, 3.63) is 29.6 Å². The van der Waals surface area contributed by atoms with Gasteiger partial charge in [0.05, 0.1) is 11.6 Å². The Morgan fingerprint density at radius 1 is 1.45 bits per heavy atom. The molecule has 0 spiro atoms. The molecule has 1 amide bonds. The molecular formula is C16H17F2N3O. The van der Waals surface area contributed by atoms with Gasteiger partial charge in [-0.1, -0.05) is 0 Å². The van der Waals surface area contributed by atoms with Crippen molar-refractivity contribution in [2.24, 2.45) is 5.41 Å². The Bertz CT molecular complexity index is 664. The van der Waals surface area contributed by atoms with E-state index in [1.54, 1.807) is 17.2 Å². The van der Waals surface area contributed by atoms with Crippen LogP contribution in [0.5, 0.6) is 0 Å². The number of carbonyl (C=O) groups excluding carboxylic acids is 1. The molecule has 4 nitrogen and oxygen atoms in total. The van der Waals surface area contributed by atoms with Crippen LogP contribution >= 0.6 is 0 Å². The topological polar surface area (TPSA) is 57.0 Å². The third kappa shape index (κ3) is 1.99. The maximum atomic E-state index is 13.9. The first kappa shape index (κ1) is 14.9. The predicted molar refractivity (Wildman–Crippen MR) is 74.9 cm³/mol. The minimum absolute atomic E-state index is 0.154. The maximum absolute atomic E-state index is 13.9. The van der Waals surface area contributed by atoms with E-state index < -0.39 is 17.2 Å². The number of alkyl halides is 2. The van der Waals surface area contributed by atoms with Gasteiger partial charge in [0.15, 0.2) is 0 Å². The quantitative estimate of drug-likeness (QED) is 0.844. The molecule has 2 unspecified atom stereocenters. The first-order valence-corrected chi connectivity index (χ1v) is 7.33. The summed E-state index contributed by atoms with van der Waals surface area (Å²) in [6.45, 7) is 2.18. The van der Waals surface area contributed by atoms with Crippen molar-refractivity contribution in [1.29, 1.82) is 5.26 Å². The van der Waals surface area contributed by atoms with Crippen LogP contribution in [0.15, 0.2) is 18.5 Å². The van der Waals surface area contributed by atoms with Crippen molar-refractivity contribution in [3.63, 3.8) is 0 Å². The minimum atomic E-state index is -3.05. The number of nitrogens with zero attached hydrogens (tertiary/aromatic N) is 3. The van der Waals surface area contributed by atoms with Gasteiger partial charge >= 0.3 is 0 Å². The van der Waals surface area contributed by atoms with E-state index in [0.717, 1.165) is 18.9 Å². The van der Waals surface area contributed by atoms with Crippen molar-refractivity contribution in [2.75, 3.05) is 0 Å². The molecule has 116 valence electrons. The first-order chi connectivity index (χ1) is 10.3. The highest BCUT2D eigenvalue weighted by Gasteiger charge is 2.62. The lowest BCUT2D eigenvalue weighted by molar-refractivity contribution is -0.156. The molecule has 0 saturated carbocycles. The fourth-order valence-corrected chi connectivity index (χ4v) is 3.63. The molecule has 2 fully saturated rings. The minimum Gasteiger partial charge on any atom is -0.332 e. The van der Waals surface area contributed by atoms with Gasteiger partial charge in [0.25, 0.3) is 5.92 Å².